The van der Waals surface area contributed by atoms with Crippen LogP contribution in [-0.2, 0) is 16.0 Å². The molecule has 1 aromatic carbocycles. The van der Waals surface area contributed by atoms with Crippen LogP contribution in [0.4, 0.5) is 0 Å². The Labute approximate surface area is 127 Å². The zero-order valence-electron chi connectivity index (χ0n) is 11.8. The van der Waals surface area contributed by atoms with E-state index in [2.05, 4.69) is 21.2 Å². The Balaban J connectivity index is 1.67. The summed E-state index contributed by atoms with van der Waals surface area (Å²) < 4.78 is 0. The van der Waals surface area contributed by atoms with Gasteiger partial charge in [0.2, 0.25) is 5.91 Å². The molecule has 0 radical (unpaired) electrons. The van der Waals surface area contributed by atoms with Crippen molar-refractivity contribution in [3.63, 3.8) is 0 Å². The molecule has 0 bridgehead atoms. The van der Waals surface area contributed by atoms with Gasteiger partial charge >= 0.3 is 0 Å². The largest absolute Gasteiger partial charge is 0.357 e. The zero-order valence-corrected chi connectivity index (χ0v) is 11.8. The van der Waals surface area contributed by atoms with E-state index < -0.39 is 11.8 Å². The monoisotopic (exact) mass is 300 g/mol. The van der Waals surface area contributed by atoms with Gasteiger partial charge in [0.1, 0.15) is 5.69 Å². The number of aromatic amines is 1. The Morgan fingerprint density at radius 3 is 2.36 bits per heavy atom. The molecule has 0 aliphatic heterocycles. The standard InChI is InChI=1S/C15H16N4O3/c20-13(9-11-5-2-1-3-6-11)17-10-14(21)18-19-15(22)12-7-4-8-16-12/h1-8,16H,9-10H2,(H,17,20)(H,18,21)(H,19,22). The van der Waals surface area contributed by atoms with Gasteiger partial charge in [-0.05, 0) is 17.7 Å². The fraction of sp³-hybridized carbons (Fsp3) is 0.133. The predicted octanol–water partition coefficient (Wildman–Crippen LogP) is 0.135. The lowest BCUT2D eigenvalue weighted by molar-refractivity contribution is -0.126. The van der Waals surface area contributed by atoms with Crippen molar-refractivity contribution in [1.82, 2.24) is 21.2 Å². The molecule has 2 rings (SSSR count). The van der Waals surface area contributed by atoms with Crippen molar-refractivity contribution in [3.05, 3.63) is 59.9 Å². The van der Waals surface area contributed by atoms with Gasteiger partial charge in [0, 0.05) is 6.20 Å². The highest BCUT2D eigenvalue weighted by Crippen LogP contribution is 1.98. The molecular weight excluding hydrogens is 284 g/mol. The number of H-pyrrole nitrogens is 1. The second-order valence-corrected chi connectivity index (χ2v) is 4.53. The molecular formula is C15H16N4O3. The average molecular weight is 300 g/mol. The number of hydrogen-bond donors (Lipinski definition) is 4. The first-order valence-electron chi connectivity index (χ1n) is 6.68. The first-order valence-corrected chi connectivity index (χ1v) is 6.68. The number of hydrazine groups is 1. The van der Waals surface area contributed by atoms with E-state index in [0.717, 1.165) is 5.56 Å². The third kappa shape index (κ3) is 4.78. The average Bonchev–Trinajstić information content (AvgIpc) is 3.06. The predicted molar refractivity (Wildman–Crippen MR) is 79.6 cm³/mol. The Bertz CT molecular complexity index is 638. The van der Waals surface area contributed by atoms with Gasteiger partial charge < -0.3 is 10.3 Å². The van der Waals surface area contributed by atoms with E-state index in [1.807, 2.05) is 30.3 Å². The van der Waals surface area contributed by atoms with Gasteiger partial charge in [0.25, 0.3) is 11.8 Å². The van der Waals surface area contributed by atoms with E-state index in [-0.39, 0.29) is 18.9 Å². The maximum Gasteiger partial charge on any atom is 0.286 e. The number of aromatic nitrogens is 1. The molecule has 7 nitrogen and oxygen atoms in total. The fourth-order valence-corrected chi connectivity index (χ4v) is 1.73. The van der Waals surface area contributed by atoms with Crippen molar-refractivity contribution < 1.29 is 14.4 Å². The number of benzene rings is 1. The molecule has 3 amide bonds. The minimum atomic E-state index is -0.513. The van der Waals surface area contributed by atoms with Gasteiger partial charge in [-0.3, -0.25) is 25.2 Å². The Morgan fingerprint density at radius 2 is 1.68 bits per heavy atom. The highest BCUT2D eigenvalue weighted by molar-refractivity contribution is 5.94. The third-order valence-corrected chi connectivity index (χ3v) is 2.81. The third-order valence-electron chi connectivity index (χ3n) is 2.81. The van der Waals surface area contributed by atoms with Crippen LogP contribution in [0.1, 0.15) is 16.1 Å². The number of rotatable bonds is 5. The molecule has 1 heterocycles. The lowest BCUT2D eigenvalue weighted by Crippen LogP contribution is -2.46. The molecule has 7 heteroatoms. The minimum absolute atomic E-state index is 0.197. The molecule has 0 aliphatic carbocycles. The molecule has 0 fully saturated rings. The summed E-state index contributed by atoms with van der Waals surface area (Å²) in [5, 5.41) is 2.48. The van der Waals surface area contributed by atoms with Crippen molar-refractivity contribution >= 4 is 17.7 Å². The van der Waals surface area contributed by atoms with Gasteiger partial charge in [-0.15, -0.1) is 0 Å². The second kappa shape index (κ2) is 7.63. The van der Waals surface area contributed by atoms with Crippen molar-refractivity contribution in [2.24, 2.45) is 0 Å². The SMILES string of the molecule is O=C(Cc1ccccc1)NCC(=O)NNC(=O)c1ccc[nH]1. The summed E-state index contributed by atoms with van der Waals surface area (Å²) in [4.78, 5) is 37.4. The van der Waals surface area contributed by atoms with E-state index in [1.165, 1.54) is 0 Å². The lowest BCUT2D eigenvalue weighted by atomic mass is 10.1. The summed E-state index contributed by atoms with van der Waals surface area (Å²) in [6, 6.07) is 12.4. The molecule has 0 saturated heterocycles. The van der Waals surface area contributed by atoms with Crippen molar-refractivity contribution in [3.8, 4) is 0 Å². The highest BCUT2D eigenvalue weighted by atomic mass is 16.2. The van der Waals surface area contributed by atoms with Crippen LogP contribution in [0.25, 0.3) is 0 Å². The number of amides is 3. The van der Waals surface area contributed by atoms with Gasteiger partial charge in [0.05, 0.1) is 13.0 Å². The highest BCUT2D eigenvalue weighted by Gasteiger charge is 2.09. The molecule has 1 aromatic heterocycles. The van der Waals surface area contributed by atoms with Crippen LogP contribution in [0.15, 0.2) is 48.7 Å². The maximum atomic E-state index is 11.7. The van der Waals surface area contributed by atoms with E-state index in [0.29, 0.717) is 5.69 Å². The number of nitrogens with one attached hydrogen (secondary N) is 4. The van der Waals surface area contributed by atoms with Crippen LogP contribution in [0.3, 0.4) is 0 Å². The van der Waals surface area contributed by atoms with Gasteiger partial charge in [-0.2, -0.15) is 0 Å². The smallest absolute Gasteiger partial charge is 0.286 e. The van der Waals surface area contributed by atoms with Crippen LogP contribution in [0.2, 0.25) is 0 Å². The van der Waals surface area contributed by atoms with Gasteiger partial charge in [0.15, 0.2) is 0 Å². The molecule has 0 saturated carbocycles. The summed E-state index contributed by atoms with van der Waals surface area (Å²) in [6.07, 6.45) is 1.80. The van der Waals surface area contributed by atoms with Crippen LogP contribution < -0.4 is 16.2 Å². The van der Waals surface area contributed by atoms with Crippen molar-refractivity contribution in [1.29, 1.82) is 0 Å². The lowest BCUT2D eigenvalue weighted by Gasteiger charge is -2.08. The molecule has 22 heavy (non-hydrogen) atoms. The number of carbonyl (C=O) groups is 3. The minimum Gasteiger partial charge on any atom is -0.357 e. The Kier molecular flexibility index (Phi) is 5.31. The molecule has 0 spiro atoms. The van der Waals surface area contributed by atoms with Crippen LogP contribution >= 0.6 is 0 Å². The van der Waals surface area contributed by atoms with E-state index in [4.69, 9.17) is 0 Å². The van der Waals surface area contributed by atoms with Crippen LogP contribution in [-0.4, -0.2) is 29.3 Å². The van der Waals surface area contributed by atoms with Crippen LogP contribution in [0, 0.1) is 0 Å². The fourth-order valence-electron chi connectivity index (χ4n) is 1.73. The summed E-state index contributed by atoms with van der Waals surface area (Å²) >= 11 is 0. The molecule has 4 N–H and O–H groups in total. The van der Waals surface area contributed by atoms with Gasteiger partial charge in [-0.1, -0.05) is 30.3 Å². The molecule has 114 valence electrons. The second-order valence-electron chi connectivity index (χ2n) is 4.53. The molecule has 0 atom stereocenters. The van der Waals surface area contributed by atoms with Gasteiger partial charge in [-0.25, -0.2) is 0 Å². The Morgan fingerprint density at radius 1 is 0.909 bits per heavy atom. The van der Waals surface area contributed by atoms with E-state index >= 15 is 0 Å². The first-order chi connectivity index (χ1) is 10.6. The topological polar surface area (TPSA) is 103 Å². The van der Waals surface area contributed by atoms with E-state index in [1.54, 1.807) is 18.3 Å². The zero-order chi connectivity index (χ0) is 15.8. The maximum absolute atomic E-state index is 11.7. The number of carbonyl (C=O) groups excluding carboxylic acids is 3. The van der Waals surface area contributed by atoms with Crippen molar-refractivity contribution in [2.45, 2.75) is 6.42 Å². The summed E-state index contributed by atoms with van der Waals surface area (Å²) in [6.45, 7) is -0.212. The quantitative estimate of drug-likeness (QED) is 0.590. The van der Waals surface area contributed by atoms with E-state index in [9.17, 15) is 14.4 Å². The first kappa shape index (κ1) is 15.3. The summed E-state index contributed by atoms with van der Waals surface area (Å²) in [5.41, 5.74) is 5.64. The summed E-state index contributed by atoms with van der Waals surface area (Å²) in [7, 11) is 0. The normalized spacial score (nSPS) is 9.82. The number of hydrogen-bond acceptors (Lipinski definition) is 3. The van der Waals surface area contributed by atoms with Crippen LogP contribution in [0.5, 0.6) is 0 Å². The van der Waals surface area contributed by atoms with Crippen molar-refractivity contribution in [2.75, 3.05) is 6.54 Å². The molecule has 0 unspecified atom stereocenters. The Hall–Kier alpha value is -3.09. The summed E-state index contributed by atoms with van der Waals surface area (Å²) in [5.74, 6) is -1.24. The molecule has 0 aliphatic rings. The molecule has 2 aromatic rings.